The number of H-pyrrole nitrogens is 2. The quantitative estimate of drug-likeness (QED) is 0.125. The van der Waals surface area contributed by atoms with Gasteiger partial charge in [-0.05, 0) is 0 Å². The molecule has 0 saturated carbocycles. The van der Waals surface area contributed by atoms with Crippen LogP contribution in [0.5, 0.6) is 0 Å². The molecule has 38 heavy (non-hydrogen) atoms. The molecule has 0 aliphatic carbocycles. The molecule has 0 atom stereocenters. The SMILES string of the molecule is Nc1c(Cl)c2[nH]c3c([nH]c2c2c(=O)c4ccccc4c(=O)c12)c(Cl)c(N)c1c(=O)c2ccccc2c(=O)c13. The average molecular weight is 541 g/mol. The Morgan fingerprint density at radius 1 is 0.474 bits per heavy atom. The molecule has 0 aliphatic rings. The van der Waals surface area contributed by atoms with Gasteiger partial charge in [0, 0.05) is 21.5 Å². The fourth-order valence-electron chi connectivity index (χ4n) is 5.44. The third kappa shape index (κ3) is 2.60. The number of aromatic amines is 2. The highest BCUT2D eigenvalue weighted by Crippen LogP contribution is 2.39. The Kier molecular flexibility index (Phi) is 4.41. The molecule has 0 aliphatic heterocycles. The van der Waals surface area contributed by atoms with Gasteiger partial charge >= 0.3 is 0 Å². The molecule has 0 amide bonds. The van der Waals surface area contributed by atoms with E-state index < -0.39 is 21.7 Å². The molecular formula is C28H14Cl2N4O4. The Labute approximate surface area is 220 Å². The zero-order chi connectivity index (χ0) is 26.6. The van der Waals surface area contributed by atoms with E-state index in [-0.39, 0.29) is 86.6 Å². The van der Waals surface area contributed by atoms with Crippen LogP contribution in [0.4, 0.5) is 11.4 Å². The molecule has 0 saturated heterocycles. The van der Waals surface area contributed by atoms with E-state index in [1.807, 2.05) is 0 Å². The van der Waals surface area contributed by atoms with Gasteiger partial charge in [-0.2, -0.15) is 0 Å². The van der Waals surface area contributed by atoms with Gasteiger partial charge in [0.05, 0.1) is 65.0 Å². The second kappa shape index (κ2) is 7.44. The molecule has 0 fully saturated rings. The highest BCUT2D eigenvalue weighted by Gasteiger charge is 2.24. The summed E-state index contributed by atoms with van der Waals surface area (Å²) in [5.41, 5.74) is 11.4. The van der Waals surface area contributed by atoms with Crippen molar-refractivity contribution in [1.29, 1.82) is 0 Å². The van der Waals surface area contributed by atoms with E-state index in [0.29, 0.717) is 0 Å². The number of nitrogens with two attached hydrogens (primary N) is 2. The van der Waals surface area contributed by atoms with Crippen LogP contribution in [-0.4, -0.2) is 9.97 Å². The zero-order valence-electron chi connectivity index (χ0n) is 19.2. The van der Waals surface area contributed by atoms with Gasteiger partial charge in [0.25, 0.3) is 0 Å². The van der Waals surface area contributed by atoms with Gasteiger partial charge in [0.1, 0.15) is 0 Å². The van der Waals surface area contributed by atoms with Crippen LogP contribution in [0.15, 0.2) is 67.7 Å². The first-order valence-electron chi connectivity index (χ1n) is 11.4. The lowest BCUT2D eigenvalue weighted by atomic mass is 9.98. The Morgan fingerprint density at radius 2 is 0.763 bits per heavy atom. The molecule has 7 rings (SSSR count). The van der Waals surface area contributed by atoms with Crippen LogP contribution in [0.2, 0.25) is 10.0 Å². The summed E-state index contributed by atoms with van der Waals surface area (Å²) in [7, 11) is 0. The molecule has 0 spiro atoms. The summed E-state index contributed by atoms with van der Waals surface area (Å²) in [6.45, 7) is 0. The van der Waals surface area contributed by atoms with Gasteiger partial charge in [-0.25, -0.2) is 0 Å². The summed E-state index contributed by atoms with van der Waals surface area (Å²) < 4.78 is 0. The number of fused-ring (bicyclic) bond motifs is 8. The van der Waals surface area contributed by atoms with Gasteiger partial charge < -0.3 is 21.4 Å². The minimum absolute atomic E-state index is 0.0175. The summed E-state index contributed by atoms with van der Waals surface area (Å²) in [5.74, 6) is 0. The number of hydrogen-bond acceptors (Lipinski definition) is 6. The van der Waals surface area contributed by atoms with Crippen LogP contribution in [-0.2, 0) is 0 Å². The van der Waals surface area contributed by atoms with Crippen molar-refractivity contribution in [2.45, 2.75) is 0 Å². The number of aromatic nitrogens is 2. The van der Waals surface area contributed by atoms with Crippen molar-refractivity contribution in [3.63, 3.8) is 0 Å². The van der Waals surface area contributed by atoms with Gasteiger partial charge in [-0.1, -0.05) is 71.7 Å². The Bertz CT molecular complexity index is 2310. The molecule has 6 aromatic carbocycles. The molecule has 0 unspecified atom stereocenters. The first kappa shape index (κ1) is 22.5. The van der Waals surface area contributed by atoms with E-state index >= 15 is 0 Å². The van der Waals surface area contributed by atoms with Gasteiger partial charge in [-0.3, -0.25) is 19.2 Å². The fourth-order valence-corrected chi connectivity index (χ4v) is 5.91. The lowest BCUT2D eigenvalue weighted by Gasteiger charge is -2.15. The van der Waals surface area contributed by atoms with Crippen LogP contribution in [0.25, 0.3) is 65.2 Å². The lowest BCUT2D eigenvalue weighted by molar-refractivity contribution is 1.41. The Hall–Kier alpha value is -4.66. The molecule has 6 N–H and O–H groups in total. The molecule has 0 bridgehead atoms. The summed E-state index contributed by atoms with van der Waals surface area (Å²) in [6, 6.07) is 12.9. The zero-order valence-corrected chi connectivity index (χ0v) is 20.7. The van der Waals surface area contributed by atoms with Crippen LogP contribution in [0.1, 0.15) is 0 Å². The molecule has 10 heteroatoms. The van der Waals surface area contributed by atoms with Crippen LogP contribution >= 0.6 is 23.2 Å². The number of anilines is 2. The van der Waals surface area contributed by atoms with Crippen LogP contribution in [0.3, 0.4) is 0 Å². The predicted molar refractivity (Wildman–Crippen MR) is 155 cm³/mol. The minimum Gasteiger partial charge on any atom is -0.397 e. The van der Waals surface area contributed by atoms with Gasteiger partial charge in [0.2, 0.25) is 0 Å². The lowest BCUT2D eigenvalue weighted by Crippen LogP contribution is -2.17. The molecule has 0 radical (unpaired) electrons. The third-order valence-corrected chi connectivity index (χ3v) is 7.98. The topological polar surface area (TPSA) is 152 Å². The summed E-state index contributed by atoms with van der Waals surface area (Å²) in [4.78, 5) is 60.3. The first-order chi connectivity index (χ1) is 18.2. The van der Waals surface area contributed by atoms with E-state index in [2.05, 4.69) is 9.97 Å². The fraction of sp³-hybridized carbons (Fsp3) is 0. The second-order valence-corrected chi connectivity index (χ2v) is 9.87. The average Bonchev–Trinajstić information content (AvgIpc) is 2.93. The van der Waals surface area contributed by atoms with Crippen LogP contribution in [0, 0.1) is 0 Å². The maximum atomic E-state index is 13.6. The third-order valence-electron chi connectivity index (χ3n) is 7.19. The Morgan fingerprint density at radius 3 is 1.08 bits per heavy atom. The standard InChI is InChI=1S/C28H14Cl2N4O4/c29-17-19(31)13-15(27(37)11-7-3-1-5-9(11)25(13)35)21-23(17)34-22-16-14(20(32)18(30)24(22)33-21)26(36)10-6-2-4-8-12(10)28(16)38/h1-8,33-34H,31-32H2. The van der Waals surface area contributed by atoms with Crippen molar-refractivity contribution >= 4 is 99.7 Å². The van der Waals surface area contributed by atoms with Crippen molar-refractivity contribution in [3.8, 4) is 0 Å². The summed E-state index contributed by atoms with van der Waals surface area (Å²) in [5, 5.41) is 0.780. The first-order valence-corrected chi connectivity index (χ1v) is 12.2. The Balaban J connectivity index is 1.83. The molecule has 8 nitrogen and oxygen atoms in total. The number of halogens is 2. The van der Waals surface area contributed by atoms with E-state index in [1.165, 1.54) is 0 Å². The molecular weight excluding hydrogens is 527 g/mol. The van der Waals surface area contributed by atoms with E-state index in [0.717, 1.165) is 0 Å². The summed E-state index contributed by atoms with van der Waals surface area (Å²) >= 11 is 13.3. The van der Waals surface area contributed by atoms with E-state index in [4.69, 9.17) is 34.7 Å². The molecule has 1 heterocycles. The normalized spacial score (nSPS) is 12.1. The number of nitrogens with one attached hydrogen (secondary N) is 2. The van der Waals surface area contributed by atoms with Crippen molar-refractivity contribution < 1.29 is 0 Å². The number of benzene rings is 6. The van der Waals surface area contributed by atoms with Crippen molar-refractivity contribution in [1.82, 2.24) is 9.97 Å². The molecule has 1 aromatic heterocycles. The highest BCUT2D eigenvalue weighted by molar-refractivity contribution is 6.43. The van der Waals surface area contributed by atoms with Crippen molar-refractivity contribution in [3.05, 3.63) is 99.5 Å². The van der Waals surface area contributed by atoms with Crippen molar-refractivity contribution in [2.24, 2.45) is 0 Å². The van der Waals surface area contributed by atoms with Gasteiger partial charge in [0.15, 0.2) is 21.7 Å². The number of rotatable bonds is 0. The predicted octanol–water partition coefficient (Wildman–Crippen LogP) is 4.61. The highest BCUT2D eigenvalue weighted by atomic mass is 35.5. The molecule has 7 aromatic rings. The smallest absolute Gasteiger partial charge is 0.196 e. The van der Waals surface area contributed by atoms with Gasteiger partial charge in [-0.15, -0.1) is 0 Å². The number of nitrogen functional groups attached to an aromatic ring is 2. The van der Waals surface area contributed by atoms with E-state index in [1.54, 1.807) is 48.5 Å². The molecule has 184 valence electrons. The maximum absolute atomic E-state index is 13.6. The second-order valence-electron chi connectivity index (χ2n) is 9.11. The van der Waals surface area contributed by atoms with Crippen molar-refractivity contribution in [2.75, 3.05) is 11.5 Å². The van der Waals surface area contributed by atoms with E-state index in [9.17, 15) is 19.2 Å². The summed E-state index contributed by atoms with van der Waals surface area (Å²) in [6.07, 6.45) is 0. The van der Waals surface area contributed by atoms with Crippen LogP contribution < -0.4 is 33.2 Å². The minimum atomic E-state index is -0.446. The maximum Gasteiger partial charge on any atom is 0.196 e. The number of hydrogen-bond donors (Lipinski definition) is 4. The monoisotopic (exact) mass is 540 g/mol. The largest absolute Gasteiger partial charge is 0.397 e.